The number of nitrogens with zero attached hydrogens (tertiary/aromatic N) is 2. The first-order valence-corrected chi connectivity index (χ1v) is 6.00. The molecule has 0 aliphatic carbocycles. The van der Waals surface area contributed by atoms with Crippen LogP contribution in [0.25, 0.3) is 0 Å². The van der Waals surface area contributed by atoms with Crippen molar-refractivity contribution in [3.05, 3.63) is 47.8 Å². The predicted octanol–water partition coefficient (Wildman–Crippen LogP) is 2.29. The van der Waals surface area contributed by atoms with Crippen molar-refractivity contribution in [2.75, 3.05) is 0 Å². The van der Waals surface area contributed by atoms with Crippen LogP contribution >= 0.6 is 0 Å². The maximum Gasteiger partial charge on any atom is 0.121 e. The number of aromatic nitrogens is 2. The summed E-state index contributed by atoms with van der Waals surface area (Å²) in [6.07, 6.45) is 1.16. The Morgan fingerprint density at radius 2 is 1.83 bits per heavy atom. The Morgan fingerprint density at radius 3 is 2.33 bits per heavy atom. The second kappa shape index (κ2) is 5.23. The molecule has 0 amide bonds. The molecule has 2 aromatic rings. The van der Waals surface area contributed by atoms with Crippen LogP contribution < -0.4 is 4.74 Å². The van der Waals surface area contributed by atoms with Gasteiger partial charge >= 0.3 is 0 Å². The fraction of sp³-hybridized carbons (Fsp3) is 0.357. The second-order valence-corrected chi connectivity index (χ2v) is 4.52. The zero-order valence-electron chi connectivity index (χ0n) is 10.9. The monoisotopic (exact) mass is 246 g/mol. The lowest BCUT2D eigenvalue weighted by atomic mass is 10.1. The summed E-state index contributed by atoms with van der Waals surface area (Å²) in [5.41, 5.74) is 1.60. The van der Waals surface area contributed by atoms with Gasteiger partial charge in [0.05, 0.1) is 11.8 Å². The van der Waals surface area contributed by atoms with Gasteiger partial charge in [0.2, 0.25) is 0 Å². The summed E-state index contributed by atoms with van der Waals surface area (Å²) in [5.74, 6) is 0.811. The molecule has 0 bridgehead atoms. The number of hydrogen-bond acceptors (Lipinski definition) is 3. The molecule has 18 heavy (non-hydrogen) atoms. The van der Waals surface area contributed by atoms with Crippen molar-refractivity contribution in [3.63, 3.8) is 0 Å². The SMILES string of the molecule is CC(C)Oc1ccc(C(O)c2ccnn2C)cc1. The molecule has 1 unspecified atom stereocenters. The Hall–Kier alpha value is -1.81. The quantitative estimate of drug-likeness (QED) is 0.900. The van der Waals surface area contributed by atoms with E-state index in [1.807, 2.05) is 51.2 Å². The molecule has 0 saturated heterocycles. The van der Waals surface area contributed by atoms with Gasteiger partial charge in [-0.1, -0.05) is 12.1 Å². The summed E-state index contributed by atoms with van der Waals surface area (Å²) in [6.45, 7) is 3.97. The summed E-state index contributed by atoms with van der Waals surface area (Å²) < 4.78 is 7.23. The van der Waals surface area contributed by atoms with Crippen LogP contribution in [0.1, 0.15) is 31.2 Å². The van der Waals surface area contributed by atoms with Gasteiger partial charge in [-0.2, -0.15) is 5.10 Å². The molecule has 0 spiro atoms. The maximum absolute atomic E-state index is 10.2. The molecule has 0 saturated carbocycles. The molecular weight excluding hydrogens is 228 g/mol. The van der Waals surface area contributed by atoms with Gasteiger partial charge in [-0.25, -0.2) is 0 Å². The molecule has 4 heteroatoms. The van der Waals surface area contributed by atoms with Gasteiger partial charge < -0.3 is 9.84 Å². The van der Waals surface area contributed by atoms with Gasteiger partial charge in [0.15, 0.2) is 0 Å². The molecule has 1 atom stereocenters. The highest BCUT2D eigenvalue weighted by Gasteiger charge is 2.13. The number of rotatable bonds is 4. The molecule has 1 N–H and O–H groups in total. The average Bonchev–Trinajstić information content (AvgIpc) is 2.75. The van der Waals surface area contributed by atoms with Crippen molar-refractivity contribution in [3.8, 4) is 5.75 Å². The number of aryl methyl sites for hydroxylation is 1. The van der Waals surface area contributed by atoms with E-state index in [-0.39, 0.29) is 6.10 Å². The van der Waals surface area contributed by atoms with Crippen molar-refractivity contribution in [1.82, 2.24) is 9.78 Å². The van der Waals surface area contributed by atoms with E-state index in [1.165, 1.54) is 0 Å². The van der Waals surface area contributed by atoms with E-state index in [2.05, 4.69) is 5.10 Å². The molecule has 96 valence electrons. The van der Waals surface area contributed by atoms with E-state index in [9.17, 15) is 5.11 Å². The van der Waals surface area contributed by atoms with Crippen LogP contribution in [0.5, 0.6) is 5.75 Å². The number of benzene rings is 1. The first-order valence-electron chi connectivity index (χ1n) is 6.00. The molecule has 1 aromatic carbocycles. The molecular formula is C14H18N2O2. The Balaban J connectivity index is 2.17. The summed E-state index contributed by atoms with van der Waals surface area (Å²) >= 11 is 0. The molecule has 0 radical (unpaired) electrons. The van der Waals surface area contributed by atoms with Gasteiger partial charge in [-0.3, -0.25) is 4.68 Å². The maximum atomic E-state index is 10.2. The van der Waals surface area contributed by atoms with Crippen LogP contribution in [0.3, 0.4) is 0 Å². The normalized spacial score (nSPS) is 12.7. The molecule has 0 fully saturated rings. The first-order chi connectivity index (χ1) is 8.58. The van der Waals surface area contributed by atoms with Crippen molar-refractivity contribution in [1.29, 1.82) is 0 Å². The van der Waals surface area contributed by atoms with Crippen molar-refractivity contribution < 1.29 is 9.84 Å². The Labute approximate surface area is 107 Å². The van der Waals surface area contributed by atoms with Gasteiger partial charge in [0.1, 0.15) is 11.9 Å². The standard InChI is InChI=1S/C14H18N2O2/c1-10(2)18-12-6-4-11(5-7-12)14(17)13-8-9-15-16(13)3/h4-10,14,17H,1-3H3. The topological polar surface area (TPSA) is 47.3 Å². The fourth-order valence-electron chi connectivity index (χ4n) is 1.82. The van der Waals surface area contributed by atoms with Crippen LogP contribution in [0.15, 0.2) is 36.5 Å². The van der Waals surface area contributed by atoms with E-state index >= 15 is 0 Å². The smallest absolute Gasteiger partial charge is 0.121 e. The fourth-order valence-corrected chi connectivity index (χ4v) is 1.82. The number of hydrogen-bond donors (Lipinski definition) is 1. The average molecular weight is 246 g/mol. The molecule has 0 aliphatic rings. The van der Waals surface area contributed by atoms with E-state index in [0.717, 1.165) is 17.0 Å². The third-order valence-corrected chi connectivity index (χ3v) is 2.71. The highest BCUT2D eigenvalue weighted by atomic mass is 16.5. The van der Waals surface area contributed by atoms with Crippen molar-refractivity contribution in [2.24, 2.45) is 7.05 Å². The third-order valence-electron chi connectivity index (χ3n) is 2.71. The summed E-state index contributed by atoms with van der Waals surface area (Å²) in [4.78, 5) is 0. The van der Waals surface area contributed by atoms with Crippen LogP contribution in [0.2, 0.25) is 0 Å². The second-order valence-electron chi connectivity index (χ2n) is 4.52. The number of aliphatic hydroxyl groups excluding tert-OH is 1. The lowest BCUT2D eigenvalue weighted by molar-refractivity contribution is 0.209. The van der Waals surface area contributed by atoms with Crippen LogP contribution in [-0.2, 0) is 7.05 Å². The minimum Gasteiger partial charge on any atom is -0.491 e. The van der Waals surface area contributed by atoms with Crippen molar-refractivity contribution >= 4 is 0 Å². The largest absolute Gasteiger partial charge is 0.491 e. The van der Waals surface area contributed by atoms with Crippen LogP contribution in [0.4, 0.5) is 0 Å². The summed E-state index contributed by atoms with van der Waals surface area (Å²) in [5, 5.41) is 14.3. The highest BCUT2D eigenvalue weighted by Crippen LogP contribution is 2.23. The van der Waals surface area contributed by atoms with E-state index in [4.69, 9.17) is 4.74 Å². The zero-order chi connectivity index (χ0) is 13.1. The Kier molecular flexibility index (Phi) is 3.67. The van der Waals surface area contributed by atoms with Gasteiger partial charge in [-0.05, 0) is 37.6 Å². The molecule has 2 rings (SSSR count). The molecule has 4 nitrogen and oxygen atoms in total. The van der Waals surface area contributed by atoms with E-state index < -0.39 is 6.10 Å². The van der Waals surface area contributed by atoms with E-state index in [0.29, 0.717) is 0 Å². The molecule has 0 aliphatic heterocycles. The minimum absolute atomic E-state index is 0.151. The molecule has 1 heterocycles. The summed E-state index contributed by atoms with van der Waals surface area (Å²) in [7, 11) is 1.81. The van der Waals surface area contributed by atoms with Crippen molar-refractivity contribution in [2.45, 2.75) is 26.1 Å². The van der Waals surface area contributed by atoms with Crippen LogP contribution in [0, 0.1) is 0 Å². The predicted molar refractivity (Wildman–Crippen MR) is 69.5 cm³/mol. The summed E-state index contributed by atoms with van der Waals surface area (Å²) in [6, 6.07) is 9.29. The van der Waals surface area contributed by atoms with Gasteiger partial charge in [0.25, 0.3) is 0 Å². The van der Waals surface area contributed by atoms with Gasteiger partial charge in [0, 0.05) is 13.2 Å². The Bertz CT molecular complexity index is 503. The minimum atomic E-state index is -0.661. The first kappa shape index (κ1) is 12.6. The van der Waals surface area contributed by atoms with Gasteiger partial charge in [-0.15, -0.1) is 0 Å². The molecule has 1 aromatic heterocycles. The number of aliphatic hydroxyl groups is 1. The lowest BCUT2D eigenvalue weighted by Crippen LogP contribution is -2.07. The lowest BCUT2D eigenvalue weighted by Gasteiger charge is -2.13. The zero-order valence-corrected chi connectivity index (χ0v) is 10.9. The van der Waals surface area contributed by atoms with E-state index in [1.54, 1.807) is 10.9 Å². The van der Waals surface area contributed by atoms with Crippen LogP contribution in [-0.4, -0.2) is 21.0 Å². The third kappa shape index (κ3) is 2.71. The Morgan fingerprint density at radius 1 is 1.17 bits per heavy atom. The highest BCUT2D eigenvalue weighted by molar-refractivity contribution is 5.32. The number of ether oxygens (including phenoxy) is 1.